The van der Waals surface area contributed by atoms with Crippen LogP contribution in [0, 0.1) is 0 Å². The molecule has 1 fully saturated rings. The fourth-order valence-electron chi connectivity index (χ4n) is 3.89. The number of aliphatic imine (C=N–C) groups is 1. The van der Waals surface area contributed by atoms with Crippen molar-refractivity contribution in [2.45, 2.75) is 47.9 Å². The highest BCUT2D eigenvalue weighted by molar-refractivity contribution is 7.99. The number of hydrogen-bond donors (Lipinski definition) is 1. The lowest BCUT2D eigenvalue weighted by Gasteiger charge is -2.22. The number of fused-ring (bicyclic) bond motifs is 2. The lowest BCUT2D eigenvalue weighted by Crippen LogP contribution is -2.36. The minimum absolute atomic E-state index is 0.00171. The van der Waals surface area contributed by atoms with Gasteiger partial charge in [-0.1, -0.05) is 61.4 Å². The molecule has 0 spiro atoms. The molecule has 1 aliphatic carbocycles. The molecule has 2 heterocycles. The van der Waals surface area contributed by atoms with Gasteiger partial charge in [0, 0.05) is 22.1 Å². The van der Waals surface area contributed by atoms with E-state index in [9.17, 15) is 4.79 Å². The maximum absolute atomic E-state index is 12.8. The first kappa shape index (κ1) is 18.6. The van der Waals surface area contributed by atoms with Crippen LogP contribution in [0.3, 0.4) is 0 Å². The van der Waals surface area contributed by atoms with Crippen LogP contribution in [0.15, 0.2) is 69.5 Å². The molecule has 3 aromatic rings. The lowest BCUT2D eigenvalue weighted by molar-refractivity contribution is 0.0927. The van der Waals surface area contributed by atoms with Gasteiger partial charge in [0.15, 0.2) is 0 Å². The summed E-state index contributed by atoms with van der Waals surface area (Å²) >= 11 is 3.13. The van der Waals surface area contributed by atoms with Gasteiger partial charge in [0.05, 0.1) is 27.4 Å². The first-order valence-corrected chi connectivity index (χ1v) is 11.6. The molecule has 0 radical (unpaired) electrons. The second-order valence-corrected chi connectivity index (χ2v) is 9.32. The Labute approximate surface area is 178 Å². The third kappa shape index (κ3) is 3.87. The fraction of sp³-hybridized carbons (Fsp3) is 0.261. The molecule has 1 saturated carbocycles. The average Bonchev–Trinajstić information content (AvgIpc) is 3.16. The van der Waals surface area contributed by atoms with Crippen LogP contribution >= 0.6 is 23.3 Å². The van der Waals surface area contributed by atoms with Crippen molar-refractivity contribution in [1.82, 2.24) is 9.69 Å². The number of rotatable bonds is 3. The predicted molar refractivity (Wildman–Crippen MR) is 119 cm³/mol. The zero-order chi connectivity index (χ0) is 19.6. The van der Waals surface area contributed by atoms with E-state index >= 15 is 0 Å². The molecule has 0 saturated heterocycles. The highest BCUT2D eigenvalue weighted by Gasteiger charge is 2.23. The van der Waals surface area contributed by atoms with E-state index < -0.39 is 0 Å². The van der Waals surface area contributed by atoms with Crippen LogP contribution < -0.4 is 5.32 Å². The Balaban J connectivity index is 1.51. The van der Waals surface area contributed by atoms with Gasteiger partial charge in [0.25, 0.3) is 5.91 Å². The summed E-state index contributed by atoms with van der Waals surface area (Å²) in [5.41, 5.74) is 3.49. The van der Waals surface area contributed by atoms with Gasteiger partial charge < -0.3 is 5.32 Å². The summed E-state index contributed by atoms with van der Waals surface area (Å²) < 4.78 is 4.38. The van der Waals surface area contributed by atoms with Crippen LogP contribution in [-0.2, 0) is 0 Å². The number of nitrogens with zero attached hydrogens (tertiary/aromatic N) is 2. The van der Waals surface area contributed by atoms with Gasteiger partial charge in [0.2, 0.25) is 0 Å². The molecule has 4 nitrogen and oxygen atoms in total. The number of hydrogen-bond acceptors (Lipinski definition) is 5. The van der Waals surface area contributed by atoms with E-state index in [2.05, 4.69) is 21.8 Å². The maximum atomic E-state index is 12.8. The summed E-state index contributed by atoms with van der Waals surface area (Å²) in [7, 11) is 0. The van der Waals surface area contributed by atoms with E-state index in [-0.39, 0.29) is 5.91 Å². The third-order valence-electron chi connectivity index (χ3n) is 5.41. The Bertz CT molecular complexity index is 1070. The summed E-state index contributed by atoms with van der Waals surface area (Å²) in [4.78, 5) is 21.1. The SMILES string of the molecule is O=C(NC1CCCCC1)c1ccc2c(c1)N=C(c1ccccc1)c1sncc1S2. The summed E-state index contributed by atoms with van der Waals surface area (Å²) in [5.74, 6) is 0.00171. The van der Waals surface area contributed by atoms with Crippen LogP contribution in [0.1, 0.15) is 52.9 Å². The van der Waals surface area contributed by atoms with Crippen molar-refractivity contribution in [3.8, 4) is 0 Å². The standard InChI is InChI=1S/C23H21N3OS2/c27-23(25-17-9-5-2-6-10-17)16-11-12-19-18(13-16)26-21(15-7-3-1-4-8-15)22-20(28-19)14-24-29-22/h1,3-4,7-8,11-14,17H,2,5-6,9-10H2,(H,25,27). The van der Waals surface area contributed by atoms with Crippen molar-refractivity contribution in [1.29, 1.82) is 0 Å². The quantitative estimate of drug-likeness (QED) is 0.454. The zero-order valence-electron chi connectivity index (χ0n) is 15.9. The number of aromatic nitrogens is 1. The highest BCUT2D eigenvalue weighted by Crippen LogP contribution is 2.42. The van der Waals surface area contributed by atoms with Crippen molar-refractivity contribution < 1.29 is 4.79 Å². The fourth-order valence-corrected chi connectivity index (χ4v) is 5.73. The van der Waals surface area contributed by atoms with Crippen LogP contribution in [0.4, 0.5) is 5.69 Å². The molecule has 1 amide bonds. The van der Waals surface area contributed by atoms with E-state index in [4.69, 9.17) is 4.99 Å². The molecule has 146 valence electrons. The van der Waals surface area contributed by atoms with Gasteiger partial charge in [0.1, 0.15) is 0 Å². The van der Waals surface area contributed by atoms with Crippen molar-refractivity contribution in [2.24, 2.45) is 4.99 Å². The van der Waals surface area contributed by atoms with Gasteiger partial charge in [-0.05, 0) is 42.6 Å². The van der Waals surface area contributed by atoms with Gasteiger partial charge in [-0.25, -0.2) is 4.99 Å². The van der Waals surface area contributed by atoms with E-state index in [1.54, 1.807) is 11.8 Å². The molecule has 6 heteroatoms. The van der Waals surface area contributed by atoms with Crippen LogP contribution in [0.25, 0.3) is 0 Å². The number of amides is 1. The average molecular weight is 420 g/mol. The maximum Gasteiger partial charge on any atom is 0.251 e. The molecule has 29 heavy (non-hydrogen) atoms. The van der Waals surface area contributed by atoms with Gasteiger partial charge in [-0.15, -0.1) is 0 Å². The molecule has 2 aromatic carbocycles. The summed E-state index contributed by atoms with van der Waals surface area (Å²) in [5, 5.41) is 3.21. The van der Waals surface area contributed by atoms with Crippen molar-refractivity contribution in [2.75, 3.05) is 0 Å². The highest BCUT2D eigenvalue weighted by atomic mass is 32.2. The number of nitrogens with one attached hydrogen (secondary N) is 1. The second kappa shape index (κ2) is 8.13. The molecule has 0 unspecified atom stereocenters. The molecule has 1 aromatic heterocycles. The van der Waals surface area contributed by atoms with E-state index in [1.807, 2.05) is 42.6 Å². The predicted octanol–water partition coefficient (Wildman–Crippen LogP) is 5.84. The van der Waals surface area contributed by atoms with Gasteiger partial charge in [-0.3, -0.25) is 4.79 Å². The largest absolute Gasteiger partial charge is 0.349 e. The third-order valence-corrected chi connectivity index (χ3v) is 7.44. The summed E-state index contributed by atoms with van der Waals surface area (Å²) in [6, 6.07) is 16.3. The van der Waals surface area contributed by atoms with E-state index in [0.717, 1.165) is 44.5 Å². The normalized spacial score (nSPS) is 16.3. The molecule has 0 bridgehead atoms. The number of carbonyl (C=O) groups excluding carboxylic acids is 1. The summed E-state index contributed by atoms with van der Waals surface area (Å²) in [6.07, 6.45) is 7.74. The minimum Gasteiger partial charge on any atom is -0.349 e. The topological polar surface area (TPSA) is 54.4 Å². The van der Waals surface area contributed by atoms with Crippen molar-refractivity contribution in [3.63, 3.8) is 0 Å². The van der Waals surface area contributed by atoms with Crippen LogP contribution in [-0.4, -0.2) is 22.0 Å². The Morgan fingerprint density at radius 2 is 1.83 bits per heavy atom. The molecule has 5 rings (SSSR count). The smallest absolute Gasteiger partial charge is 0.251 e. The van der Waals surface area contributed by atoms with Crippen molar-refractivity contribution in [3.05, 3.63) is 70.7 Å². The lowest BCUT2D eigenvalue weighted by atomic mass is 9.95. The first-order valence-electron chi connectivity index (χ1n) is 10.00. The second-order valence-electron chi connectivity index (χ2n) is 7.44. The molecule has 2 aliphatic rings. The molecule has 1 N–H and O–H groups in total. The first-order chi connectivity index (χ1) is 14.3. The summed E-state index contributed by atoms with van der Waals surface area (Å²) in [6.45, 7) is 0. The molecular formula is C23H21N3OS2. The van der Waals surface area contributed by atoms with E-state index in [1.165, 1.54) is 30.8 Å². The molecular weight excluding hydrogens is 398 g/mol. The number of carbonyl (C=O) groups is 1. The molecule has 1 aliphatic heterocycles. The van der Waals surface area contributed by atoms with Crippen molar-refractivity contribution >= 4 is 40.6 Å². The van der Waals surface area contributed by atoms with Gasteiger partial charge in [-0.2, -0.15) is 4.37 Å². The van der Waals surface area contributed by atoms with Gasteiger partial charge >= 0.3 is 0 Å². The Hall–Kier alpha value is -2.44. The monoisotopic (exact) mass is 419 g/mol. The minimum atomic E-state index is 0.00171. The molecule has 0 atom stereocenters. The van der Waals surface area contributed by atoms with E-state index in [0.29, 0.717) is 11.6 Å². The van der Waals surface area contributed by atoms with Crippen LogP contribution in [0.2, 0.25) is 0 Å². The van der Waals surface area contributed by atoms with Crippen LogP contribution in [0.5, 0.6) is 0 Å². The Morgan fingerprint density at radius 3 is 2.66 bits per heavy atom. The zero-order valence-corrected chi connectivity index (χ0v) is 17.6. The Kier molecular flexibility index (Phi) is 5.21. The Morgan fingerprint density at radius 1 is 1.00 bits per heavy atom. The number of benzene rings is 2.